The molecule has 2 saturated heterocycles. The standard InChI is InChI=1S/C12H19N3O4S/c13-10(16)8-1-3-14(4-2-8)12(19)15-5-6-20-7-9(15)11(17)18/h8-9H,1-7H2,(H2,13,16)(H,17,18). The number of carbonyl (C=O) groups excluding carboxylic acids is 2. The highest BCUT2D eigenvalue weighted by Gasteiger charge is 2.36. The summed E-state index contributed by atoms with van der Waals surface area (Å²) < 4.78 is 0. The molecule has 8 heteroatoms. The monoisotopic (exact) mass is 301 g/mol. The van der Waals surface area contributed by atoms with Crippen LogP contribution in [0.15, 0.2) is 0 Å². The molecule has 0 radical (unpaired) electrons. The molecule has 3 amide bonds. The number of carboxylic acids is 1. The van der Waals surface area contributed by atoms with E-state index in [1.165, 1.54) is 4.90 Å². The molecule has 0 aliphatic carbocycles. The maximum Gasteiger partial charge on any atom is 0.327 e. The Morgan fingerprint density at radius 1 is 1.15 bits per heavy atom. The van der Waals surface area contributed by atoms with E-state index in [2.05, 4.69) is 0 Å². The van der Waals surface area contributed by atoms with E-state index < -0.39 is 12.0 Å². The Kier molecular flexibility index (Phi) is 4.74. The predicted octanol–water partition coefficient (Wildman–Crippen LogP) is -0.194. The molecule has 0 bridgehead atoms. The van der Waals surface area contributed by atoms with Gasteiger partial charge in [0.15, 0.2) is 0 Å². The Bertz CT molecular complexity index is 410. The van der Waals surface area contributed by atoms with Crippen LogP contribution in [0.1, 0.15) is 12.8 Å². The molecule has 2 rings (SSSR count). The summed E-state index contributed by atoms with van der Waals surface area (Å²) in [7, 11) is 0. The zero-order valence-electron chi connectivity index (χ0n) is 11.2. The highest BCUT2D eigenvalue weighted by Crippen LogP contribution is 2.22. The molecule has 7 nitrogen and oxygen atoms in total. The van der Waals surface area contributed by atoms with Gasteiger partial charge >= 0.3 is 12.0 Å². The fraction of sp³-hybridized carbons (Fsp3) is 0.750. The van der Waals surface area contributed by atoms with Gasteiger partial charge in [0, 0.05) is 37.1 Å². The number of rotatable bonds is 2. The first-order chi connectivity index (χ1) is 9.50. The summed E-state index contributed by atoms with van der Waals surface area (Å²) in [5.41, 5.74) is 5.26. The normalized spacial score (nSPS) is 24.5. The molecule has 1 unspecified atom stereocenters. The van der Waals surface area contributed by atoms with Crippen molar-refractivity contribution in [1.29, 1.82) is 0 Å². The first-order valence-electron chi connectivity index (χ1n) is 6.66. The molecule has 2 fully saturated rings. The maximum absolute atomic E-state index is 12.4. The maximum atomic E-state index is 12.4. The van der Waals surface area contributed by atoms with Crippen LogP contribution in [0, 0.1) is 5.92 Å². The van der Waals surface area contributed by atoms with Gasteiger partial charge in [-0.3, -0.25) is 4.79 Å². The summed E-state index contributed by atoms with van der Waals surface area (Å²) in [4.78, 5) is 37.8. The van der Waals surface area contributed by atoms with Gasteiger partial charge in [0.25, 0.3) is 0 Å². The number of piperidine rings is 1. The van der Waals surface area contributed by atoms with Crippen LogP contribution >= 0.6 is 11.8 Å². The molecule has 2 aliphatic heterocycles. The average molecular weight is 301 g/mol. The zero-order valence-corrected chi connectivity index (χ0v) is 12.0. The van der Waals surface area contributed by atoms with Gasteiger partial charge in [0.2, 0.25) is 5.91 Å². The van der Waals surface area contributed by atoms with Crippen LogP contribution in [0.4, 0.5) is 4.79 Å². The number of likely N-dealkylation sites (tertiary alicyclic amines) is 1. The number of thioether (sulfide) groups is 1. The number of nitrogens with zero attached hydrogens (tertiary/aromatic N) is 2. The topological polar surface area (TPSA) is 104 Å². The second kappa shape index (κ2) is 6.34. The number of hydrogen-bond acceptors (Lipinski definition) is 4. The lowest BCUT2D eigenvalue weighted by atomic mass is 9.96. The predicted molar refractivity (Wildman–Crippen MR) is 74.3 cm³/mol. The van der Waals surface area contributed by atoms with Crippen molar-refractivity contribution in [2.24, 2.45) is 11.7 Å². The van der Waals surface area contributed by atoms with Crippen LogP contribution in [0.3, 0.4) is 0 Å². The first-order valence-corrected chi connectivity index (χ1v) is 7.81. The van der Waals surface area contributed by atoms with E-state index in [4.69, 9.17) is 5.73 Å². The van der Waals surface area contributed by atoms with Crippen molar-refractivity contribution in [2.75, 3.05) is 31.1 Å². The van der Waals surface area contributed by atoms with Gasteiger partial charge in [-0.2, -0.15) is 11.8 Å². The summed E-state index contributed by atoms with van der Waals surface area (Å²) in [6.45, 7) is 1.38. The summed E-state index contributed by atoms with van der Waals surface area (Å²) in [5, 5.41) is 9.18. The number of carboxylic acid groups (broad SMARTS) is 1. The largest absolute Gasteiger partial charge is 0.480 e. The number of primary amides is 1. The Balaban J connectivity index is 1.97. The van der Waals surface area contributed by atoms with Crippen LogP contribution in [0.2, 0.25) is 0 Å². The fourth-order valence-corrected chi connectivity index (χ4v) is 3.61. The van der Waals surface area contributed by atoms with Crippen molar-refractivity contribution in [3.8, 4) is 0 Å². The third-order valence-electron chi connectivity index (χ3n) is 3.83. The molecule has 1 atom stereocenters. The van der Waals surface area contributed by atoms with Crippen LogP contribution in [-0.2, 0) is 9.59 Å². The first kappa shape index (κ1) is 15.0. The Morgan fingerprint density at radius 3 is 2.35 bits per heavy atom. The number of urea groups is 1. The lowest BCUT2D eigenvalue weighted by Crippen LogP contribution is -2.56. The van der Waals surface area contributed by atoms with Crippen LogP contribution in [-0.4, -0.2) is 70.0 Å². The Morgan fingerprint density at radius 2 is 1.80 bits per heavy atom. The van der Waals surface area contributed by atoms with Crippen LogP contribution in [0.25, 0.3) is 0 Å². The van der Waals surface area contributed by atoms with E-state index in [-0.39, 0.29) is 17.9 Å². The Labute approximate surface area is 121 Å². The summed E-state index contributed by atoms with van der Waals surface area (Å²) in [6.07, 6.45) is 1.11. The van der Waals surface area contributed by atoms with Crippen LogP contribution < -0.4 is 5.73 Å². The van der Waals surface area contributed by atoms with E-state index in [1.807, 2.05) is 0 Å². The van der Waals surface area contributed by atoms with Gasteiger partial charge in [-0.1, -0.05) is 0 Å². The summed E-state index contributed by atoms with van der Waals surface area (Å²) in [6, 6.07) is -0.990. The SMILES string of the molecule is NC(=O)C1CCN(C(=O)N2CCSCC2C(=O)O)CC1. The van der Waals surface area contributed by atoms with Gasteiger partial charge < -0.3 is 20.6 Å². The summed E-state index contributed by atoms with van der Waals surface area (Å²) in [5.74, 6) is -0.273. The number of hydrogen-bond donors (Lipinski definition) is 2. The third-order valence-corrected chi connectivity index (χ3v) is 4.85. The van der Waals surface area contributed by atoms with Gasteiger partial charge in [-0.15, -0.1) is 0 Å². The molecule has 3 N–H and O–H groups in total. The molecule has 0 aromatic rings. The van der Waals surface area contributed by atoms with E-state index in [1.54, 1.807) is 16.7 Å². The molecular formula is C12H19N3O4S. The molecule has 0 aromatic heterocycles. The second-order valence-corrected chi connectivity index (χ2v) is 6.22. The quantitative estimate of drug-likeness (QED) is 0.735. The van der Waals surface area contributed by atoms with Crippen molar-refractivity contribution in [2.45, 2.75) is 18.9 Å². The minimum absolute atomic E-state index is 0.175. The highest BCUT2D eigenvalue weighted by molar-refractivity contribution is 7.99. The van der Waals surface area contributed by atoms with Crippen molar-refractivity contribution in [3.63, 3.8) is 0 Å². The summed E-state index contributed by atoms with van der Waals surface area (Å²) >= 11 is 1.55. The molecule has 112 valence electrons. The van der Waals surface area contributed by atoms with E-state index >= 15 is 0 Å². The lowest BCUT2D eigenvalue weighted by molar-refractivity contribution is -0.141. The van der Waals surface area contributed by atoms with Crippen LogP contribution in [0.5, 0.6) is 0 Å². The van der Waals surface area contributed by atoms with E-state index in [9.17, 15) is 19.5 Å². The molecule has 0 spiro atoms. The van der Waals surface area contributed by atoms with Gasteiger partial charge in [-0.05, 0) is 12.8 Å². The van der Waals surface area contributed by atoms with E-state index in [0.29, 0.717) is 38.2 Å². The third kappa shape index (κ3) is 3.17. The van der Waals surface area contributed by atoms with Gasteiger partial charge in [-0.25, -0.2) is 9.59 Å². The zero-order chi connectivity index (χ0) is 14.7. The van der Waals surface area contributed by atoms with Crippen molar-refractivity contribution >= 4 is 29.7 Å². The molecule has 20 heavy (non-hydrogen) atoms. The molecule has 0 aromatic carbocycles. The molecule has 2 heterocycles. The van der Waals surface area contributed by atoms with Crippen molar-refractivity contribution in [3.05, 3.63) is 0 Å². The molecular weight excluding hydrogens is 282 g/mol. The Hall–Kier alpha value is -1.44. The smallest absolute Gasteiger partial charge is 0.327 e. The number of amides is 3. The van der Waals surface area contributed by atoms with Crippen molar-refractivity contribution < 1.29 is 19.5 Å². The fourth-order valence-electron chi connectivity index (χ4n) is 2.57. The molecule has 2 aliphatic rings. The lowest BCUT2D eigenvalue weighted by Gasteiger charge is -2.39. The minimum atomic E-state index is -0.961. The van der Waals surface area contributed by atoms with Crippen molar-refractivity contribution in [1.82, 2.24) is 9.80 Å². The number of aliphatic carboxylic acids is 1. The second-order valence-electron chi connectivity index (χ2n) is 5.07. The number of carbonyl (C=O) groups is 3. The van der Waals surface area contributed by atoms with Gasteiger partial charge in [0.1, 0.15) is 6.04 Å². The van der Waals surface area contributed by atoms with E-state index in [0.717, 1.165) is 5.75 Å². The van der Waals surface area contributed by atoms with Gasteiger partial charge in [0.05, 0.1) is 0 Å². The number of nitrogens with two attached hydrogens (primary N) is 1. The molecule has 0 saturated carbocycles. The highest BCUT2D eigenvalue weighted by atomic mass is 32.2. The average Bonchev–Trinajstić information content (AvgIpc) is 2.46. The minimum Gasteiger partial charge on any atom is -0.480 e.